The summed E-state index contributed by atoms with van der Waals surface area (Å²) in [5.74, 6) is 1.13. The van der Waals surface area contributed by atoms with Crippen molar-refractivity contribution >= 4 is 5.91 Å². The molecule has 3 nitrogen and oxygen atoms in total. The molecule has 0 radical (unpaired) electrons. The fourth-order valence-corrected chi connectivity index (χ4v) is 2.12. The van der Waals surface area contributed by atoms with E-state index < -0.39 is 0 Å². The van der Waals surface area contributed by atoms with Crippen LogP contribution in [0.5, 0.6) is 0 Å². The molecule has 1 saturated heterocycles. The Hall–Kier alpha value is -0.570. The van der Waals surface area contributed by atoms with E-state index in [-0.39, 0.29) is 18.1 Å². The maximum absolute atomic E-state index is 12.2. The number of nitrogens with zero attached hydrogens (tertiary/aromatic N) is 1. The van der Waals surface area contributed by atoms with Gasteiger partial charge in [0.25, 0.3) is 0 Å². The third-order valence-electron chi connectivity index (χ3n) is 3.43. The van der Waals surface area contributed by atoms with Gasteiger partial charge in [-0.2, -0.15) is 0 Å². The van der Waals surface area contributed by atoms with Crippen LogP contribution in [0.4, 0.5) is 0 Å². The molecule has 3 atom stereocenters. The molecule has 1 aliphatic rings. The Morgan fingerprint density at radius 1 is 1.20 bits per heavy atom. The molecule has 1 aliphatic heterocycles. The lowest BCUT2D eigenvalue weighted by Crippen LogP contribution is -2.44. The average Bonchev–Trinajstić information content (AvgIpc) is 2.41. The highest BCUT2D eigenvalue weighted by molar-refractivity contribution is 5.84. The van der Waals surface area contributed by atoms with Gasteiger partial charge >= 0.3 is 0 Å². The number of hydrogen-bond acceptors (Lipinski definition) is 2. The Morgan fingerprint density at radius 3 is 2.07 bits per heavy atom. The molecule has 0 aromatic carbocycles. The predicted molar refractivity (Wildman–Crippen MR) is 62.4 cm³/mol. The van der Waals surface area contributed by atoms with E-state index in [4.69, 9.17) is 0 Å². The maximum Gasteiger partial charge on any atom is 0.241 e. The van der Waals surface area contributed by atoms with Crippen molar-refractivity contribution in [1.29, 1.82) is 0 Å². The van der Waals surface area contributed by atoms with Gasteiger partial charge in [0.05, 0.1) is 12.2 Å². The van der Waals surface area contributed by atoms with E-state index in [9.17, 15) is 4.79 Å². The van der Waals surface area contributed by atoms with Crippen molar-refractivity contribution in [3.8, 4) is 0 Å². The third kappa shape index (κ3) is 2.33. The van der Waals surface area contributed by atoms with Crippen molar-refractivity contribution in [2.24, 2.45) is 11.8 Å². The van der Waals surface area contributed by atoms with Gasteiger partial charge < -0.3 is 4.90 Å². The highest BCUT2D eigenvalue weighted by Crippen LogP contribution is 2.22. The molecule has 1 heterocycles. The first-order valence-corrected chi connectivity index (χ1v) is 5.94. The summed E-state index contributed by atoms with van der Waals surface area (Å²) in [6, 6.07) is 0.310. The van der Waals surface area contributed by atoms with Gasteiger partial charge in [-0.1, -0.05) is 27.7 Å². The Bertz CT molecular complexity index is 238. The molecular weight excluding hydrogens is 188 g/mol. The van der Waals surface area contributed by atoms with Crippen LogP contribution >= 0.6 is 0 Å². The minimum absolute atomic E-state index is 0.00111. The van der Waals surface area contributed by atoms with Crippen LogP contribution in [0.15, 0.2) is 0 Å². The second-order valence-corrected chi connectivity index (χ2v) is 5.29. The zero-order valence-electron chi connectivity index (χ0n) is 10.7. The Balaban J connectivity index is 2.79. The number of nitrogens with one attached hydrogen (secondary N) is 1. The lowest BCUT2D eigenvalue weighted by Gasteiger charge is -2.31. The monoisotopic (exact) mass is 212 g/mol. The smallest absolute Gasteiger partial charge is 0.241 e. The lowest BCUT2D eigenvalue weighted by atomic mass is 10.0. The summed E-state index contributed by atoms with van der Waals surface area (Å²) in [6.45, 7) is 12.7. The molecule has 0 aromatic heterocycles. The van der Waals surface area contributed by atoms with Crippen LogP contribution in [0.2, 0.25) is 0 Å². The van der Waals surface area contributed by atoms with E-state index in [2.05, 4.69) is 46.9 Å². The molecule has 0 aliphatic carbocycles. The standard InChI is InChI=1S/C12H24N2O/c1-7(2)9(5)14-10(6)13-11(8(3)4)12(14)15/h7-11,13H,1-6H3. The minimum atomic E-state index is 0.00111. The molecule has 0 spiro atoms. The normalized spacial score (nSPS) is 29.3. The zero-order chi connectivity index (χ0) is 11.7. The summed E-state index contributed by atoms with van der Waals surface area (Å²) < 4.78 is 0. The van der Waals surface area contributed by atoms with Crippen LogP contribution in [-0.2, 0) is 4.79 Å². The number of hydrogen-bond donors (Lipinski definition) is 1. The van der Waals surface area contributed by atoms with Crippen LogP contribution in [-0.4, -0.2) is 29.1 Å². The molecule has 1 N–H and O–H groups in total. The van der Waals surface area contributed by atoms with E-state index in [1.54, 1.807) is 0 Å². The lowest BCUT2D eigenvalue weighted by molar-refractivity contribution is -0.133. The first-order valence-electron chi connectivity index (χ1n) is 5.94. The van der Waals surface area contributed by atoms with Gasteiger partial charge in [0, 0.05) is 6.04 Å². The summed E-state index contributed by atoms with van der Waals surface area (Å²) in [4.78, 5) is 14.2. The Labute approximate surface area is 93.2 Å². The maximum atomic E-state index is 12.2. The van der Waals surface area contributed by atoms with Crippen molar-refractivity contribution in [2.45, 2.75) is 59.8 Å². The van der Waals surface area contributed by atoms with Gasteiger partial charge in [0.1, 0.15) is 0 Å². The van der Waals surface area contributed by atoms with Crippen molar-refractivity contribution in [3.63, 3.8) is 0 Å². The van der Waals surface area contributed by atoms with Gasteiger partial charge in [0.2, 0.25) is 5.91 Å². The zero-order valence-corrected chi connectivity index (χ0v) is 10.7. The van der Waals surface area contributed by atoms with E-state index in [0.29, 0.717) is 17.9 Å². The van der Waals surface area contributed by atoms with E-state index in [1.807, 2.05) is 4.90 Å². The van der Waals surface area contributed by atoms with Gasteiger partial charge in [-0.15, -0.1) is 0 Å². The minimum Gasteiger partial charge on any atom is -0.323 e. The molecule has 1 rings (SSSR count). The first-order chi connectivity index (χ1) is 6.86. The summed E-state index contributed by atoms with van der Waals surface area (Å²) >= 11 is 0. The molecule has 0 aromatic rings. The van der Waals surface area contributed by atoms with Gasteiger partial charge in [-0.25, -0.2) is 0 Å². The third-order valence-corrected chi connectivity index (χ3v) is 3.43. The molecule has 0 bridgehead atoms. The van der Waals surface area contributed by atoms with Crippen LogP contribution in [0.3, 0.4) is 0 Å². The number of amides is 1. The number of carbonyl (C=O) groups is 1. The molecule has 3 unspecified atom stereocenters. The first kappa shape index (κ1) is 12.5. The van der Waals surface area contributed by atoms with Crippen LogP contribution in [0, 0.1) is 11.8 Å². The molecule has 0 saturated carbocycles. The topological polar surface area (TPSA) is 32.3 Å². The van der Waals surface area contributed by atoms with E-state index >= 15 is 0 Å². The quantitative estimate of drug-likeness (QED) is 0.774. The van der Waals surface area contributed by atoms with E-state index in [0.717, 1.165) is 0 Å². The molecule has 3 heteroatoms. The predicted octanol–water partition coefficient (Wildman–Crippen LogP) is 1.83. The fourth-order valence-electron chi connectivity index (χ4n) is 2.12. The van der Waals surface area contributed by atoms with Crippen LogP contribution in [0.1, 0.15) is 41.5 Å². The highest BCUT2D eigenvalue weighted by atomic mass is 16.2. The van der Waals surface area contributed by atoms with Gasteiger partial charge in [-0.3, -0.25) is 10.1 Å². The second kappa shape index (κ2) is 4.52. The Kier molecular flexibility index (Phi) is 3.77. The summed E-state index contributed by atoms with van der Waals surface area (Å²) in [5, 5.41) is 3.37. The second-order valence-electron chi connectivity index (χ2n) is 5.29. The van der Waals surface area contributed by atoms with Crippen molar-refractivity contribution < 1.29 is 4.79 Å². The fraction of sp³-hybridized carbons (Fsp3) is 0.917. The summed E-state index contributed by atoms with van der Waals surface area (Å²) in [7, 11) is 0. The number of rotatable bonds is 3. The Morgan fingerprint density at radius 2 is 1.73 bits per heavy atom. The molecule has 1 fully saturated rings. The van der Waals surface area contributed by atoms with Crippen LogP contribution in [0.25, 0.3) is 0 Å². The summed E-state index contributed by atoms with van der Waals surface area (Å²) in [6.07, 6.45) is 0.169. The highest BCUT2D eigenvalue weighted by Gasteiger charge is 2.40. The molecule has 88 valence electrons. The molecule has 15 heavy (non-hydrogen) atoms. The van der Waals surface area contributed by atoms with Crippen molar-refractivity contribution in [1.82, 2.24) is 10.2 Å². The van der Waals surface area contributed by atoms with E-state index in [1.165, 1.54) is 0 Å². The van der Waals surface area contributed by atoms with Crippen molar-refractivity contribution in [3.05, 3.63) is 0 Å². The SMILES string of the molecule is CC(C)C1NC(C)N(C(C)C(C)C)C1=O. The van der Waals surface area contributed by atoms with Crippen molar-refractivity contribution in [2.75, 3.05) is 0 Å². The van der Waals surface area contributed by atoms with Crippen LogP contribution < -0.4 is 5.32 Å². The molecule has 1 amide bonds. The molecular formula is C12H24N2O. The van der Waals surface area contributed by atoms with Gasteiger partial charge in [0.15, 0.2) is 0 Å². The van der Waals surface area contributed by atoms with Gasteiger partial charge in [-0.05, 0) is 25.7 Å². The number of carbonyl (C=O) groups excluding carboxylic acids is 1. The largest absolute Gasteiger partial charge is 0.323 e. The average molecular weight is 212 g/mol. The summed E-state index contributed by atoms with van der Waals surface area (Å²) in [5.41, 5.74) is 0.